The molecule has 26 heavy (non-hydrogen) atoms. The van der Waals surface area contributed by atoms with Crippen LogP contribution in [0.25, 0.3) is 0 Å². The van der Waals surface area contributed by atoms with Gasteiger partial charge in [-0.05, 0) is 32.8 Å². The highest BCUT2D eigenvalue weighted by Gasteiger charge is 2.33. The number of anilines is 1. The molecule has 0 aliphatic carbocycles. The van der Waals surface area contributed by atoms with Gasteiger partial charge in [0, 0.05) is 19.8 Å². The Labute approximate surface area is 157 Å². The third kappa shape index (κ3) is 7.30. The largest absolute Gasteiger partial charge is 0.475 e. The quantitative estimate of drug-likeness (QED) is 0.532. The van der Waals surface area contributed by atoms with Crippen LogP contribution in [0.4, 0.5) is 5.69 Å². The van der Waals surface area contributed by atoms with Crippen molar-refractivity contribution in [2.45, 2.75) is 65.4 Å². The lowest BCUT2D eigenvalue weighted by Crippen LogP contribution is -2.43. The summed E-state index contributed by atoms with van der Waals surface area (Å²) in [6.45, 7) is 9.42. The maximum absolute atomic E-state index is 12.9. The first-order chi connectivity index (χ1) is 12.5. The Morgan fingerprint density at radius 3 is 2.54 bits per heavy atom. The lowest BCUT2D eigenvalue weighted by molar-refractivity contribution is -0.140. The summed E-state index contributed by atoms with van der Waals surface area (Å²) in [6, 6.07) is 3.56. The number of methoxy groups -OCH3 is 1. The minimum atomic E-state index is -0.828. The van der Waals surface area contributed by atoms with Crippen molar-refractivity contribution in [3.8, 4) is 5.88 Å². The molecule has 0 fully saturated rings. The number of nitrogens with zero attached hydrogens (tertiary/aromatic N) is 1. The predicted molar refractivity (Wildman–Crippen MR) is 104 cm³/mol. The minimum absolute atomic E-state index is 0.125. The van der Waals surface area contributed by atoms with E-state index >= 15 is 0 Å². The molecule has 1 atom stereocenters. The highest BCUT2D eigenvalue weighted by Crippen LogP contribution is 2.24. The first kappa shape index (κ1) is 22.4. The monoisotopic (exact) mass is 366 g/mol. The van der Waals surface area contributed by atoms with E-state index < -0.39 is 5.60 Å². The Morgan fingerprint density at radius 2 is 1.92 bits per heavy atom. The standard InChI is InChI=1S/C20H34N2O4/c1-6-8-9-12-20(4,26-13-7-2)19(23)22-17-10-11-18(21-16(17)3)25-15-14-24-5/h10-11H,6-9,12-15H2,1-5H3,(H,22,23)/t20-/m1/s1. The molecule has 1 N–H and O–H groups in total. The number of aromatic nitrogens is 1. The molecule has 0 aliphatic rings. The molecule has 1 amide bonds. The molecular weight excluding hydrogens is 332 g/mol. The van der Waals surface area contributed by atoms with Crippen molar-refractivity contribution in [1.82, 2.24) is 4.98 Å². The first-order valence-corrected chi connectivity index (χ1v) is 9.51. The van der Waals surface area contributed by atoms with Gasteiger partial charge in [0.25, 0.3) is 5.91 Å². The number of carbonyl (C=O) groups excluding carboxylic acids is 1. The molecule has 0 saturated heterocycles. The molecule has 1 aromatic heterocycles. The summed E-state index contributed by atoms with van der Waals surface area (Å²) in [5.41, 5.74) is 0.557. The molecule has 148 valence electrons. The number of hydrogen-bond donors (Lipinski definition) is 1. The second-order valence-corrected chi connectivity index (χ2v) is 6.61. The number of unbranched alkanes of at least 4 members (excludes halogenated alkanes) is 2. The van der Waals surface area contributed by atoms with Crippen LogP contribution in [0.15, 0.2) is 12.1 Å². The summed E-state index contributed by atoms with van der Waals surface area (Å²) < 4.78 is 16.4. The number of amides is 1. The van der Waals surface area contributed by atoms with Gasteiger partial charge in [0.05, 0.1) is 18.0 Å². The second kappa shape index (κ2) is 11.9. The molecule has 0 aromatic carbocycles. The highest BCUT2D eigenvalue weighted by molar-refractivity contribution is 5.97. The molecule has 0 aliphatic heterocycles. The normalized spacial score (nSPS) is 13.3. The van der Waals surface area contributed by atoms with Crippen molar-refractivity contribution in [2.24, 2.45) is 0 Å². The zero-order valence-corrected chi connectivity index (χ0v) is 16.9. The Kier molecular flexibility index (Phi) is 10.2. The Balaban J connectivity index is 2.77. The van der Waals surface area contributed by atoms with Gasteiger partial charge in [-0.1, -0.05) is 33.1 Å². The fourth-order valence-electron chi connectivity index (χ4n) is 2.53. The van der Waals surface area contributed by atoms with Gasteiger partial charge in [-0.15, -0.1) is 0 Å². The summed E-state index contributed by atoms with van der Waals surface area (Å²) in [5.74, 6) is 0.394. The molecule has 6 nitrogen and oxygen atoms in total. The van der Waals surface area contributed by atoms with E-state index in [1.165, 1.54) is 0 Å². The van der Waals surface area contributed by atoms with Gasteiger partial charge >= 0.3 is 0 Å². The van der Waals surface area contributed by atoms with E-state index in [2.05, 4.69) is 17.2 Å². The summed E-state index contributed by atoms with van der Waals surface area (Å²) in [5, 5.41) is 2.97. The van der Waals surface area contributed by atoms with Crippen LogP contribution in [0.3, 0.4) is 0 Å². The van der Waals surface area contributed by atoms with Crippen LogP contribution < -0.4 is 10.1 Å². The highest BCUT2D eigenvalue weighted by atomic mass is 16.5. The maximum Gasteiger partial charge on any atom is 0.256 e. The van der Waals surface area contributed by atoms with Gasteiger partial charge in [0.15, 0.2) is 0 Å². The van der Waals surface area contributed by atoms with Crippen LogP contribution in [0.5, 0.6) is 5.88 Å². The summed E-state index contributed by atoms with van der Waals surface area (Å²) in [7, 11) is 1.62. The van der Waals surface area contributed by atoms with Gasteiger partial charge in [0.2, 0.25) is 5.88 Å². The fourth-order valence-corrected chi connectivity index (χ4v) is 2.53. The average molecular weight is 367 g/mol. The van der Waals surface area contributed by atoms with Crippen molar-refractivity contribution < 1.29 is 19.0 Å². The third-order valence-corrected chi connectivity index (χ3v) is 4.21. The molecule has 0 saturated carbocycles. The number of carbonyl (C=O) groups is 1. The van der Waals surface area contributed by atoms with Crippen LogP contribution in [0, 0.1) is 6.92 Å². The molecule has 6 heteroatoms. The topological polar surface area (TPSA) is 69.7 Å². The fraction of sp³-hybridized carbons (Fsp3) is 0.700. The summed E-state index contributed by atoms with van der Waals surface area (Å²) in [6.07, 6.45) is 4.75. The Bertz CT molecular complexity index is 551. The number of ether oxygens (including phenoxy) is 3. The van der Waals surface area contributed by atoms with Crippen LogP contribution in [0.1, 0.15) is 58.6 Å². The van der Waals surface area contributed by atoms with Crippen molar-refractivity contribution in [3.05, 3.63) is 17.8 Å². The zero-order chi connectivity index (χ0) is 19.4. The van der Waals surface area contributed by atoms with E-state index in [1.807, 2.05) is 26.8 Å². The van der Waals surface area contributed by atoms with Gasteiger partial charge < -0.3 is 19.5 Å². The van der Waals surface area contributed by atoms with Gasteiger partial charge in [-0.25, -0.2) is 4.98 Å². The maximum atomic E-state index is 12.9. The van der Waals surface area contributed by atoms with Crippen LogP contribution in [-0.4, -0.2) is 43.4 Å². The van der Waals surface area contributed by atoms with Gasteiger partial charge in [0.1, 0.15) is 12.2 Å². The summed E-state index contributed by atoms with van der Waals surface area (Å²) >= 11 is 0. The zero-order valence-electron chi connectivity index (χ0n) is 16.9. The first-order valence-electron chi connectivity index (χ1n) is 9.51. The molecule has 1 heterocycles. The Hall–Kier alpha value is -1.66. The second-order valence-electron chi connectivity index (χ2n) is 6.61. The molecular formula is C20H34N2O4. The number of hydrogen-bond acceptors (Lipinski definition) is 5. The van der Waals surface area contributed by atoms with E-state index in [-0.39, 0.29) is 5.91 Å². The van der Waals surface area contributed by atoms with Crippen LogP contribution in [0.2, 0.25) is 0 Å². The van der Waals surface area contributed by atoms with Crippen molar-refractivity contribution in [3.63, 3.8) is 0 Å². The lowest BCUT2D eigenvalue weighted by Gasteiger charge is -2.29. The number of pyridine rings is 1. The summed E-state index contributed by atoms with van der Waals surface area (Å²) in [4.78, 5) is 17.3. The van der Waals surface area contributed by atoms with E-state index in [0.717, 1.165) is 25.7 Å². The smallest absolute Gasteiger partial charge is 0.256 e. The number of aryl methyl sites for hydroxylation is 1. The molecule has 1 rings (SSSR count). The van der Waals surface area contributed by atoms with Crippen molar-refractivity contribution >= 4 is 11.6 Å². The van der Waals surface area contributed by atoms with Crippen molar-refractivity contribution in [2.75, 3.05) is 32.2 Å². The van der Waals surface area contributed by atoms with E-state index in [1.54, 1.807) is 13.2 Å². The lowest BCUT2D eigenvalue weighted by atomic mass is 9.96. The van der Waals surface area contributed by atoms with Crippen LogP contribution >= 0.6 is 0 Å². The molecule has 0 spiro atoms. The van der Waals surface area contributed by atoms with Crippen molar-refractivity contribution in [1.29, 1.82) is 0 Å². The van der Waals surface area contributed by atoms with E-state index in [4.69, 9.17) is 14.2 Å². The molecule has 0 radical (unpaired) electrons. The molecule has 0 bridgehead atoms. The number of rotatable bonds is 13. The van der Waals surface area contributed by atoms with Gasteiger partial charge in [-0.3, -0.25) is 4.79 Å². The van der Waals surface area contributed by atoms with E-state index in [9.17, 15) is 4.79 Å². The SMILES string of the molecule is CCCCC[C@@](C)(OCCC)C(=O)Nc1ccc(OCCOC)nc1C. The molecule has 0 unspecified atom stereocenters. The Morgan fingerprint density at radius 1 is 1.15 bits per heavy atom. The van der Waals surface area contributed by atoms with E-state index in [0.29, 0.717) is 43.5 Å². The van der Waals surface area contributed by atoms with Crippen LogP contribution in [-0.2, 0) is 14.3 Å². The van der Waals surface area contributed by atoms with Gasteiger partial charge in [-0.2, -0.15) is 0 Å². The average Bonchev–Trinajstić information content (AvgIpc) is 2.62. The minimum Gasteiger partial charge on any atom is -0.475 e. The number of nitrogens with one attached hydrogen (secondary N) is 1. The third-order valence-electron chi connectivity index (χ3n) is 4.21. The molecule has 1 aromatic rings. The predicted octanol–water partition coefficient (Wildman–Crippen LogP) is 4.12.